The molecule has 1 aliphatic heterocycles. The predicted octanol–water partition coefficient (Wildman–Crippen LogP) is 3.83. The number of nitrogens with zero attached hydrogens (tertiary/aromatic N) is 2. The summed E-state index contributed by atoms with van der Waals surface area (Å²) in [6, 6.07) is 4.41. The first kappa shape index (κ1) is 13.5. The van der Waals surface area contributed by atoms with E-state index in [1.807, 2.05) is 6.20 Å². The van der Waals surface area contributed by atoms with Crippen LogP contribution in [0.25, 0.3) is 0 Å². The van der Waals surface area contributed by atoms with Crippen LogP contribution >= 0.6 is 0 Å². The van der Waals surface area contributed by atoms with Crippen LogP contribution in [0, 0.1) is 5.92 Å². The molecule has 0 atom stereocenters. The number of piperidine rings is 1. The Morgan fingerprint density at radius 1 is 1.33 bits per heavy atom. The molecule has 0 amide bonds. The van der Waals surface area contributed by atoms with Crippen LogP contribution in [-0.4, -0.2) is 23.0 Å². The highest BCUT2D eigenvalue weighted by molar-refractivity contribution is 5.19. The number of pyridine rings is 1. The van der Waals surface area contributed by atoms with Crippen molar-refractivity contribution in [2.45, 2.75) is 52.5 Å². The third-order valence-electron chi connectivity index (χ3n) is 4.18. The molecule has 1 fully saturated rings. The van der Waals surface area contributed by atoms with Crippen molar-refractivity contribution in [2.24, 2.45) is 5.92 Å². The van der Waals surface area contributed by atoms with E-state index in [-0.39, 0.29) is 0 Å². The van der Waals surface area contributed by atoms with Crippen molar-refractivity contribution in [3.8, 4) is 0 Å². The number of hydrogen-bond acceptors (Lipinski definition) is 2. The Morgan fingerprint density at radius 3 is 2.67 bits per heavy atom. The maximum Gasteiger partial charge on any atom is 0.0546 e. The summed E-state index contributed by atoms with van der Waals surface area (Å²) in [4.78, 5) is 7.07. The van der Waals surface area contributed by atoms with Crippen molar-refractivity contribution in [3.63, 3.8) is 0 Å². The van der Waals surface area contributed by atoms with Gasteiger partial charge in [-0.25, -0.2) is 0 Å². The predicted molar refractivity (Wildman–Crippen MR) is 76.6 cm³/mol. The molecule has 1 aromatic heterocycles. The van der Waals surface area contributed by atoms with Crippen molar-refractivity contribution >= 4 is 0 Å². The summed E-state index contributed by atoms with van der Waals surface area (Å²) >= 11 is 0. The minimum atomic E-state index is 0.595. The molecule has 0 aromatic carbocycles. The van der Waals surface area contributed by atoms with E-state index >= 15 is 0 Å². The van der Waals surface area contributed by atoms with Gasteiger partial charge >= 0.3 is 0 Å². The van der Waals surface area contributed by atoms with Gasteiger partial charge in [0.15, 0.2) is 0 Å². The zero-order valence-corrected chi connectivity index (χ0v) is 12.0. The molecule has 2 nitrogen and oxygen atoms in total. The van der Waals surface area contributed by atoms with Crippen molar-refractivity contribution in [1.82, 2.24) is 9.88 Å². The van der Waals surface area contributed by atoms with Gasteiger partial charge < -0.3 is 0 Å². The maximum absolute atomic E-state index is 4.51. The van der Waals surface area contributed by atoms with Crippen LogP contribution in [0.5, 0.6) is 0 Å². The zero-order valence-electron chi connectivity index (χ0n) is 12.0. The molecule has 0 saturated carbocycles. The van der Waals surface area contributed by atoms with Gasteiger partial charge in [0, 0.05) is 12.7 Å². The lowest BCUT2D eigenvalue weighted by Crippen LogP contribution is -2.33. The van der Waals surface area contributed by atoms with E-state index in [1.165, 1.54) is 43.6 Å². The first-order chi connectivity index (χ1) is 8.69. The minimum absolute atomic E-state index is 0.595. The molecule has 2 rings (SSSR count). The van der Waals surface area contributed by atoms with Crippen LogP contribution in [0.1, 0.15) is 57.2 Å². The van der Waals surface area contributed by atoms with Crippen LogP contribution in [0.15, 0.2) is 18.3 Å². The lowest BCUT2D eigenvalue weighted by atomic mass is 9.94. The summed E-state index contributed by atoms with van der Waals surface area (Å²) in [7, 11) is 0. The van der Waals surface area contributed by atoms with Gasteiger partial charge in [-0.1, -0.05) is 27.2 Å². The highest BCUT2D eigenvalue weighted by Gasteiger charge is 2.18. The summed E-state index contributed by atoms with van der Waals surface area (Å²) in [5.74, 6) is 1.55. The summed E-state index contributed by atoms with van der Waals surface area (Å²) < 4.78 is 0. The minimum Gasteiger partial charge on any atom is -0.297 e. The highest BCUT2D eigenvalue weighted by Crippen LogP contribution is 2.21. The smallest absolute Gasteiger partial charge is 0.0546 e. The van der Waals surface area contributed by atoms with Crippen molar-refractivity contribution in [1.29, 1.82) is 0 Å². The molecule has 2 heterocycles. The molecule has 1 aromatic rings. The molecule has 2 heteroatoms. The van der Waals surface area contributed by atoms with Crippen LogP contribution < -0.4 is 0 Å². The molecule has 100 valence electrons. The third-order valence-corrected chi connectivity index (χ3v) is 4.18. The molecular weight excluding hydrogens is 220 g/mol. The van der Waals surface area contributed by atoms with Gasteiger partial charge in [0.1, 0.15) is 0 Å². The van der Waals surface area contributed by atoms with Crippen molar-refractivity contribution < 1.29 is 0 Å². The van der Waals surface area contributed by atoms with Crippen LogP contribution in [0.3, 0.4) is 0 Å². The Labute approximate surface area is 111 Å². The van der Waals surface area contributed by atoms with Gasteiger partial charge in [-0.2, -0.15) is 0 Å². The number of hydrogen-bond donors (Lipinski definition) is 0. The second kappa shape index (κ2) is 6.33. The Balaban J connectivity index is 1.92. The average molecular weight is 246 g/mol. The van der Waals surface area contributed by atoms with Crippen LogP contribution in [-0.2, 0) is 6.54 Å². The highest BCUT2D eigenvalue weighted by atomic mass is 15.1. The SMILES string of the molecule is CCC1CCN(Cc2cc(C(C)C)ccn2)CC1. The Bertz CT molecular complexity index is 365. The largest absolute Gasteiger partial charge is 0.297 e. The van der Waals surface area contributed by atoms with Crippen molar-refractivity contribution in [2.75, 3.05) is 13.1 Å². The Kier molecular flexibility index (Phi) is 4.76. The topological polar surface area (TPSA) is 16.1 Å². The first-order valence-corrected chi connectivity index (χ1v) is 7.36. The molecule has 1 saturated heterocycles. The molecule has 0 spiro atoms. The summed E-state index contributed by atoms with van der Waals surface area (Å²) in [5.41, 5.74) is 2.64. The number of likely N-dealkylation sites (tertiary alicyclic amines) is 1. The van der Waals surface area contributed by atoms with Gasteiger partial charge in [-0.3, -0.25) is 9.88 Å². The fourth-order valence-electron chi connectivity index (χ4n) is 2.72. The van der Waals surface area contributed by atoms with Gasteiger partial charge in [-0.15, -0.1) is 0 Å². The molecule has 0 N–H and O–H groups in total. The van der Waals surface area contributed by atoms with E-state index in [0.29, 0.717) is 5.92 Å². The van der Waals surface area contributed by atoms with Crippen LogP contribution in [0.2, 0.25) is 0 Å². The maximum atomic E-state index is 4.51. The summed E-state index contributed by atoms with van der Waals surface area (Å²) in [6.45, 7) is 10.3. The van der Waals surface area contributed by atoms with E-state index in [4.69, 9.17) is 0 Å². The van der Waals surface area contributed by atoms with Gasteiger partial charge in [0.2, 0.25) is 0 Å². The summed E-state index contributed by atoms with van der Waals surface area (Å²) in [6.07, 6.45) is 6.03. The second-order valence-electron chi connectivity index (χ2n) is 5.86. The average Bonchev–Trinajstić information content (AvgIpc) is 2.40. The molecule has 0 bridgehead atoms. The van der Waals surface area contributed by atoms with Crippen molar-refractivity contribution in [3.05, 3.63) is 29.6 Å². The molecule has 1 aliphatic rings. The van der Waals surface area contributed by atoms with E-state index in [9.17, 15) is 0 Å². The van der Waals surface area contributed by atoms with E-state index in [2.05, 4.69) is 42.8 Å². The van der Waals surface area contributed by atoms with E-state index < -0.39 is 0 Å². The Hall–Kier alpha value is -0.890. The van der Waals surface area contributed by atoms with Gasteiger partial charge in [0.05, 0.1) is 5.69 Å². The van der Waals surface area contributed by atoms with Gasteiger partial charge in [-0.05, 0) is 55.5 Å². The van der Waals surface area contributed by atoms with Crippen LogP contribution in [0.4, 0.5) is 0 Å². The van der Waals surface area contributed by atoms with E-state index in [0.717, 1.165) is 12.5 Å². The normalized spacial score (nSPS) is 18.4. The Morgan fingerprint density at radius 2 is 2.06 bits per heavy atom. The zero-order chi connectivity index (χ0) is 13.0. The molecule has 0 unspecified atom stereocenters. The monoisotopic (exact) mass is 246 g/mol. The standard InChI is InChI=1S/C16H26N2/c1-4-14-6-9-18(10-7-14)12-16-11-15(13(2)3)5-8-17-16/h5,8,11,13-14H,4,6-7,9-10,12H2,1-3H3. The molecule has 18 heavy (non-hydrogen) atoms. The molecule has 0 radical (unpaired) electrons. The molecular formula is C16H26N2. The lowest BCUT2D eigenvalue weighted by molar-refractivity contribution is 0.173. The third kappa shape index (κ3) is 3.55. The lowest BCUT2D eigenvalue weighted by Gasteiger charge is -2.31. The number of rotatable bonds is 4. The number of aromatic nitrogens is 1. The second-order valence-corrected chi connectivity index (χ2v) is 5.86. The quantitative estimate of drug-likeness (QED) is 0.802. The summed E-state index contributed by atoms with van der Waals surface area (Å²) in [5, 5.41) is 0. The first-order valence-electron chi connectivity index (χ1n) is 7.36. The van der Waals surface area contributed by atoms with E-state index in [1.54, 1.807) is 0 Å². The van der Waals surface area contributed by atoms with Gasteiger partial charge in [0.25, 0.3) is 0 Å². The fraction of sp³-hybridized carbons (Fsp3) is 0.688. The fourth-order valence-corrected chi connectivity index (χ4v) is 2.72. The molecule has 0 aliphatic carbocycles.